The average molecular weight is 432 g/mol. The highest BCUT2D eigenvalue weighted by Gasteiger charge is 2.90. The fourth-order valence-corrected chi connectivity index (χ4v) is 1.42. The molecule has 2 nitrogen and oxygen atoms in total. The molecule has 0 aromatic carbocycles. The van der Waals surface area contributed by atoms with E-state index >= 15 is 0 Å². The zero-order chi connectivity index (χ0) is 22.1. The molecule has 0 unspecified atom stereocenters. The maximum Gasteiger partial charge on any atom is 0.460 e. The number of rotatable bonds is 8. The number of esters is 1. The van der Waals surface area contributed by atoms with Gasteiger partial charge in [0.2, 0.25) is 0 Å². The van der Waals surface area contributed by atoms with Crippen LogP contribution in [0.15, 0.2) is 12.2 Å². The van der Waals surface area contributed by atoms with Crippen molar-refractivity contribution in [3.05, 3.63) is 12.2 Å². The van der Waals surface area contributed by atoms with E-state index in [2.05, 4.69) is 4.74 Å². The Hall–Kier alpha value is -1.70. The van der Waals surface area contributed by atoms with E-state index in [1.807, 2.05) is 0 Å². The van der Waals surface area contributed by atoms with E-state index in [4.69, 9.17) is 0 Å². The maximum absolute atomic E-state index is 13.2. The molecule has 0 aromatic heterocycles. The summed E-state index contributed by atoms with van der Waals surface area (Å²) >= 11 is 0. The predicted molar refractivity (Wildman–Crippen MR) is 61.2 cm³/mol. The Bertz CT molecular complexity index is 562. The third kappa shape index (κ3) is 4.25. The summed E-state index contributed by atoms with van der Waals surface area (Å²) < 4.78 is 170. The molecule has 0 rings (SSSR count). The van der Waals surface area contributed by atoms with Gasteiger partial charge in [0.1, 0.15) is 0 Å². The molecule has 0 aliphatic heterocycles. The van der Waals surface area contributed by atoms with Crippen LogP contribution in [0.2, 0.25) is 0 Å². The molecule has 0 aliphatic rings. The molecular weight excluding hydrogens is 423 g/mol. The summed E-state index contributed by atoms with van der Waals surface area (Å²) in [5.74, 6) is -38.6. The van der Waals surface area contributed by atoms with Crippen LogP contribution < -0.4 is 0 Å². The number of ether oxygens (including phenoxy) is 1. The lowest BCUT2D eigenvalue weighted by Gasteiger charge is -2.39. The van der Waals surface area contributed by atoms with E-state index in [0.717, 1.165) is 6.08 Å². The lowest BCUT2D eigenvalue weighted by Crippen LogP contribution is -2.70. The van der Waals surface area contributed by atoms with Gasteiger partial charge in [-0.3, -0.25) is 0 Å². The van der Waals surface area contributed by atoms with Crippen molar-refractivity contribution >= 4 is 5.97 Å². The van der Waals surface area contributed by atoms with E-state index in [-0.39, 0.29) is 0 Å². The maximum atomic E-state index is 13.2. The van der Waals surface area contributed by atoms with Gasteiger partial charge in [0.15, 0.2) is 0 Å². The minimum Gasteiger partial charge on any atom is -0.462 e. The Kier molecular flexibility index (Phi) is 6.91. The molecule has 0 saturated carbocycles. The van der Waals surface area contributed by atoms with Crippen LogP contribution in [-0.2, 0) is 9.53 Å². The third-order valence-electron chi connectivity index (χ3n) is 2.96. The van der Waals surface area contributed by atoms with Gasteiger partial charge in [0.05, 0.1) is 13.0 Å². The molecule has 160 valence electrons. The van der Waals surface area contributed by atoms with Crippen molar-refractivity contribution in [1.82, 2.24) is 0 Å². The minimum atomic E-state index is -7.94. The Morgan fingerprint density at radius 1 is 0.741 bits per heavy atom. The molecule has 0 spiro atoms. The van der Waals surface area contributed by atoms with Crippen LogP contribution >= 0.6 is 0 Å². The lowest BCUT2D eigenvalue weighted by atomic mass is 9.93. The standard InChI is InChI=1S/C12H9F13O2/c1-2-3-6(26)27-5-4-7(13,14)8(15,16)9(17,18)10(19,20)11(21,22)12(23,24)25/h2-3H,4-5H2,1H3/b3-2+. The summed E-state index contributed by atoms with van der Waals surface area (Å²) in [6, 6.07) is 0. The normalized spacial score (nSPS) is 15.3. The first-order valence-corrected chi connectivity index (χ1v) is 6.46. The largest absolute Gasteiger partial charge is 0.462 e. The molecular formula is C12H9F13O2. The molecule has 0 saturated heterocycles. The van der Waals surface area contributed by atoms with Gasteiger partial charge in [0.25, 0.3) is 0 Å². The molecule has 0 heterocycles. The fraction of sp³-hybridized carbons (Fsp3) is 0.750. The average Bonchev–Trinajstić information content (AvgIpc) is 2.45. The molecule has 0 amide bonds. The zero-order valence-corrected chi connectivity index (χ0v) is 12.8. The summed E-state index contributed by atoms with van der Waals surface area (Å²) in [6.45, 7) is -0.545. The van der Waals surface area contributed by atoms with Crippen LogP contribution in [0.3, 0.4) is 0 Å². The second-order valence-corrected chi connectivity index (χ2v) is 4.92. The lowest BCUT2D eigenvalue weighted by molar-refractivity contribution is -0.440. The highest BCUT2D eigenvalue weighted by Crippen LogP contribution is 2.60. The van der Waals surface area contributed by atoms with Crippen LogP contribution in [-0.4, -0.2) is 48.4 Å². The summed E-state index contributed by atoms with van der Waals surface area (Å²) in [7, 11) is 0. The highest BCUT2D eigenvalue weighted by molar-refractivity contribution is 5.81. The van der Waals surface area contributed by atoms with Crippen LogP contribution in [0.25, 0.3) is 0 Å². The Morgan fingerprint density at radius 3 is 1.52 bits per heavy atom. The first kappa shape index (κ1) is 25.3. The molecule has 0 N–H and O–H groups in total. The van der Waals surface area contributed by atoms with Gasteiger partial charge in [-0.1, -0.05) is 6.08 Å². The number of hydrogen-bond donors (Lipinski definition) is 0. The quantitative estimate of drug-likeness (QED) is 0.298. The van der Waals surface area contributed by atoms with E-state index < -0.39 is 54.8 Å². The van der Waals surface area contributed by atoms with Gasteiger partial charge in [0, 0.05) is 6.08 Å². The monoisotopic (exact) mass is 432 g/mol. The highest BCUT2D eigenvalue weighted by atomic mass is 19.4. The van der Waals surface area contributed by atoms with Crippen LogP contribution in [0.5, 0.6) is 0 Å². The number of alkyl halides is 13. The van der Waals surface area contributed by atoms with Crippen molar-refractivity contribution in [3.63, 3.8) is 0 Å². The molecule has 0 aliphatic carbocycles. The summed E-state index contributed by atoms with van der Waals surface area (Å²) in [5.41, 5.74) is 0. The van der Waals surface area contributed by atoms with Crippen molar-refractivity contribution in [2.75, 3.05) is 6.61 Å². The Morgan fingerprint density at radius 2 is 1.15 bits per heavy atom. The molecule has 0 atom stereocenters. The van der Waals surface area contributed by atoms with Gasteiger partial charge in [-0.2, -0.15) is 57.1 Å². The van der Waals surface area contributed by atoms with Gasteiger partial charge in [-0.25, -0.2) is 4.79 Å². The zero-order valence-electron chi connectivity index (χ0n) is 12.8. The second kappa shape index (κ2) is 7.37. The third-order valence-corrected chi connectivity index (χ3v) is 2.96. The van der Waals surface area contributed by atoms with Crippen molar-refractivity contribution in [2.45, 2.75) is 49.1 Å². The van der Waals surface area contributed by atoms with E-state index in [9.17, 15) is 61.9 Å². The molecule has 0 radical (unpaired) electrons. The van der Waals surface area contributed by atoms with Gasteiger partial charge in [-0.05, 0) is 6.92 Å². The van der Waals surface area contributed by atoms with E-state index in [1.54, 1.807) is 0 Å². The molecule has 15 heteroatoms. The summed E-state index contributed by atoms with van der Waals surface area (Å²) in [4.78, 5) is 10.7. The summed E-state index contributed by atoms with van der Waals surface area (Å²) in [6.07, 6.45) is -8.49. The second-order valence-electron chi connectivity index (χ2n) is 4.92. The van der Waals surface area contributed by atoms with Gasteiger partial charge < -0.3 is 4.74 Å². The summed E-state index contributed by atoms with van der Waals surface area (Å²) in [5, 5.41) is 0. The van der Waals surface area contributed by atoms with Crippen molar-refractivity contribution in [1.29, 1.82) is 0 Å². The van der Waals surface area contributed by atoms with Crippen LogP contribution in [0.4, 0.5) is 57.1 Å². The van der Waals surface area contributed by atoms with Crippen molar-refractivity contribution in [2.24, 2.45) is 0 Å². The number of carbonyl (C=O) groups excluding carboxylic acids is 1. The van der Waals surface area contributed by atoms with Crippen LogP contribution in [0.1, 0.15) is 13.3 Å². The molecule has 0 bridgehead atoms. The molecule has 27 heavy (non-hydrogen) atoms. The Balaban J connectivity index is 5.77. The first-order valence-electron chi connectivity index (χ1n) is 6.46. The smallest absolute Gasteiger partial charge is 0.460 e. The number of hydrogen-bond acceptors (Lipinski definition) is 2. The fourth-order valence-electron chi connectivity index (χ4n) is 1.42. The van der Waals surface area contributed by atoms with Crippen molar-refractivity contribution in [3.8, 4) is 0 Å². The van der Waals surface area contributed by atoms with E-state index in [1.165, 1.54) is 6.92 Å². The van der Waals surface area contributed by atoms with E-state index in [0.29, 0.717) is 6.08 Å². The van der Waals surface area contributed by atoms with Gasteiger partial charge in [-0.15, -0.1) is 0 Å². The first-order chi connectivity index (χ1) is 11.7. The molecule has 0 aromatic rings. The van der Waals surface area contributed by atoms with Crippen LogP contribution in [0, 0.1) is 0 Å². The van der Waals surface area contributed by atoms with Crippen molar-refractivity contribution < 1.29 is 66.6 Å². The molecule has 0 fully saturated rings. The SMILES string of the molecule is C/C=C/C(=O)OCCC(F)(F)C(F)(F)C(F)(F)C(F)(F)C(F)(F)C(F)(F)F. The minimum absolute atomic E-state index is 0.558. The number of allylic oxidation sites excluding steroid dienone is 1. The van der Waals surface area contributed by atoms with Gasteiger partial charge >= 0.3 is 41.8 Å². The predicted octanol–water partition coefficient (Wildman–Crippen LogP) is 5.23. The number of carbonyl (C=O) groups is 1. The Labute approximate surface area is 141 Å². The topological polar surface area (TPSA) is 26.3 Å². The number of halogens is 13.